The minimum atomic E-state index is 0.411. The molecule has 0 amide bonds. The first kappa shape index (κ1) is 12.9. The molecule has 3 unspecified atom stereocenters. The van der Waals surface area contributed by atoms with Gasteiger partial charge in [-0.25, -0.2) is 0 Å². The summed E-state index contributed by atoms with van der Waals surface area (Å²) in [5.74, 6) is 0. The average Bonchev–Trinajstić information content (AvgIpc) is 2.40. The maximum absolute atomic E-state index is 4.19. The Labute approximate surface area is 109 Å². The van der Waals surface area contributed by atoms with Gasteiger partial charge in [-0.15, -0.1) is 0 Å². The van der Waals surface area contributed by atoms with E-state index >= 15 is 0 Å². The molecule has 1 aromatic rings. The molecule has 0 aromatic carbocycles. The molecule has 1 aromatic heterocycles. The summed E-state index contributed by atoms with van der Waals surface area (Å²) in [5, 5.41) is 4.60. The number of nitrogens with one attached hydrogen (secondary N) is 1. The van der Waals surface area contributed by atoms with E-state index in [4.69, 9.17) is 0 Å². The number of pyridine rings is 1. The van der Waals surface area contributed by atoms with Crippen LogP contribution in [0.5, 0.6) is 0 Å². The molecule has 1 aliphatic rings. The van der Waals surface area contributed by atoms with Gasteiger partial charge in [0, 0.05) is 29.7 Å². The minimum Gasteiger partial charge on any atom is -0.307 e. The van der Waals surface area contributed by atoms with Crippen LogP contribution in [0.15, 0.2) is 24.5 Å². The van der Waals surface area contributed by atoms with Crippen molar-refractivity contribution in [3.63, 3.8) is 0 Å². The fourth-order valence-corrected chi connectivity index (χ4v) is 3.42. The normalized spacial score (nSPS) is 26.7. The lowest BCUT2D eigenvalue weighted by molar-refractivity contribution is 0.353. The van der Waals surface area contributed by atoms with E-state index in [9.17, 15) is 0 Å². The largest absolute Gasteiger partial charge is 0.307 e. The summed E-state index contributed by atoms with van der Waals surface area (Å²) in [6.45, 7) is 2.24. The molecule has 0 spiro atoms. The van der Waals surface area contributed by atoms with Crippen LogP contribution in [-0.2, 0) is 0 Å². The Balaban J connectivity index is 1.88. The van der Waals surface area contributed by atoms with E-state index in [-0.39, 0.29) is 0 Å². The molecule has 3 heteroatoms. The SMILES string of the molecule is CSC1CCCC(NC(C)c2cccnc2)C1. The molecule has 1 fully saturated rings. The standard InChI is InChI=1S/C14H22N2S/c1-11(12-5-4-8-15-10-12)16-13-6-3-7-14(9-13)17-2/h4-5,8,10-11,13-14,16H,3,6-7,9H2,1-2H3. The summed E-state index contributed by atoms with van der Waals surface area (Å²) < 4.78 is 0. The summed E-state index contributed by atoms with van der Waals surface area (Å²) in [6, 6.07) is 5.25. The van der Waals surface area contributed by atoms with Crippen LogP contribution in [0.1, 0.15) is 44.2 Å². The lowest BCUT2D eigenvalue weighted by Crippen LogP contribution is -2.36. The molecule has 0 bridgehead atoms. The summed E-state index contributed by atoms with van der Waals surface area (Å²) >= 11 is 2.02. The molecule has 2 rings (SSSR count). The Hall–Kier alpha value is -0.540. The summed E-state index contributed by atoms with van der Waals surface area (Å²) in [5.41, 5.74) is 1.29. The third kappa shape index (κ3) is 3.71. The third-order valence-corrected chi connectivity index (χ3v) is 4.72. The van der Waals surface area contributed by atoms with Gasteiger partial charge >= 0.3 is 0 Å². The maximum Gasteiger partial charge on any atom is 0.0315 e. The van der Waals surface area contributed by atoms with Crippen molar-refractivity contribution in [2.45, 2.75) is 49.9 Å². The van der Waals surface area contributed by atoms with Crippen LogP contribution >= 0.6 is 11.8 Å². The van der Waals surface area contributed by atoms with Crippen molar-refractivity contribution in [3.8, 4) is 0 Å². The van der Waals surface area contributed by atoms with E-state index < -0.39 is 0 Å². The molecule has 17 heavy (non-hydrogen) atoms. The predicted octanol–water partition coefficient (Wildman–Crippen LogP) is 3.41. The van der Waals surface area contributed by atoms with Gasteiger partial charge in [0.15, 0.2) is 0 Å². The average molecular weight is 250 g/mol. The van der Waals surface area contributed by atoms with Crippen molar-refractivity contribution in [3.05, 3.63) is 30.1 Å². The highest BCUT2D eigenvalue weighted by Crippen LogP contribution is 2.28. The Kier molecular flexibility index (Phi) is 4.86. The smallest absolute Gasteiger partial charge is 0.0315 e. The van der Waals surface area contributed by atoms with Gasteiger partial charge < -0.3 is 5.32 Å². The molecule has 3 atom stereocenters. The molecule has 0 aliphatic heterocycles. The molecule has 1 heterocycles. The lowest BCUT2D eigenvalue weighted by atomic mass is 9.94. The zero-order chi connectivity index (χ0) is 12.1. The van der Waals surface area contributed by atoms with Crippen LogP contribution in [0.4, 0.5) is 0 Å². The van der Waals surface area contributed by atoms with Crippen molar-refractivity contribution >= 4 is 11.8 Å². The second-order valence-electron chi connectivity index (χ2n) is 4.90. The molecule has 0 radical (unpaired) electrons. The number of thioether (sulfide) groups is 1. The van der Waals surface area contributed by atoms with E-state index in [1.807, 2.05) is 30.2 Å². The Morgan fingerprint density at radius 3 is 3.06 bits per heavy atom. The van der Waals surface area contributed by atoms with Gasteiger partial charge in [-0.1, -0.05) is 12.5 Å². The van der Waals surface area contributed by atoms with Gasteiger partial charge in [0.1, 0.15) is 0 Å². The summed E-state index contributed by atoms with van der Waals surface area (Å²) in [6.07, 6.45) is 11.4. The van der Waals surface area contributed by atoms with Crippen molar-refractivity contribution in [1.29, 1.82) is 0 Å². The van der Waals surface area contributed by atoms with Crippen LogP contribution < -0.4 is 5.32 Å². The van der Waals surface area contributed by atoms with Gasteiger partial charge in [0.25, 0.3) is 0 Å². The minimum absolute atomic E-state index is 0.411. The number of hydrogen-bond acceptors (Lipinski definition) is 3. The number of nitrogens with zero attached hydrogens (tertiary/aromatic N) is 1. The summed E-state index contributed by atoms with van der Waals surface area (Å²) in [4.78, 5) is 4.19. The zero-order valence-electron chi connectivity index (χ0n) is 10.7. The second kappa shape index (κ2) is 6.41. The Bertz CT molecular complexity index is 328. The fraction of sp³-hybridized carbons (Fsp3) is 0.643. The highest BCUT2D eigenvalue weighted by Gasteiger charge is 2.22. The van der Waals surface area contributed by atoms with Crippen molar-refractivity contribution in [2.24, 2.45) is 0 Å². The van der Waals surface area contributed by atoms with Gasteiger partial charge in [0.05, 0.1) is 0 Å². The van der Waals surface area contributed by atoms with E-state index in [0.717, 1.165) is 5.25 Å². The van der Waals surface area contributed by atoms with E-state index in [0.29, 0.717) is 12.1 Å². The number of aromatic nitrogens is 1. The first-order valence-corrected chi connectivity index (χ1v) is 7.77. The third-order valence-electron chi connectivity index (χ3n) is 3.63. The molecule has 94 valence electrons. The van der Waals surface area contributed by atoms with E-state index in [1.165, 1.54) is 31.2 Å². The lowest BCUT2D eigenvalue weighted by Gasteiger charge is -2.31. The molecule has 0 saturated heterocycles. The van der Waals surface area contributed by atoms with Gasteiger partial charge in [0.2, 0.25) is 0 Å². The van der Waals surface area contributed by atoms with Crippen molar-refractivity contribution in [2.75, 3.05) is 6.26 Å². The van der Waals surface area contributed by atoms with Gasteiger partial charge in [-0.2, -0.15) is 11.8 Å². The van der Waals surface area contributed by atoms with Gasteiger partial charge in [-0.05, 0) is 44.1 Å². The van der Waals surface area contributed by atoms with Crippen molar-refractivity contribution in [1.82, 2.24) is 10.3 Å². The quantitative estimate of drug-likeness (QED) is 0.886. The van der Waals surface area contributed by atoms with Crippen LogP contribution in [-0.4, -0.2) is 22.5 Å². The number of hydrogen-bond donors (Lipinski definition) is 1. The van der Waals surface area contributed by atoms with E-state index in [2.05, 4.69) is 29.5 Å². The summed E-state index contributed by atoms with van der Waals surface area (Å²) in [7, 11) is 0. The Morgan fingerprint density at radius 2 is 2.35 bits per heavy atom. The highest BCUT2D eigenvalue weighted by molar-refractivity contribution is 7.99. The second-order valence-corrected chi connectivity index (χ2v) is 6.03. The first-order chi connectivity index (χ1) is 8.29. The van der Waals surface area contributed by atoms with E-state index in [1.54, 1.807) is 0 Å². The molecular weight excluding hydrogens is 228 g/mol. The van der Waals surface area contributed by atoms with Crippen molar-refractivity contribution < 1.29 is 0 Å². The predicted molar refractivity (Wildman–Crippen MR) is 75.3 cm³/mol. The van der Waals surface area contributed by atoms with Gasteiger partial charge in [-0.3, -0.25) is 4.98 Å². The molecule has 1 aliphatic carbocycles. The maximum atomic E-state index is 4.19. The Morgan fingerprint density at radius 1 is 1.47 bits per heavy atom. The first-order valence-electron chi connectivity index (χ1n) is 6.48. The highest BCUT2D eigenvalue weighted by atomic mass is 32.2. The molecular formula is C14H22N2S. The van der Waals surface area contributed by atoms with Crippen LogP contribution in [0.2, 0.25) is 0 Å². The topological polar surface area (TPSA) is 24.9 Å². The van der Waals surface area contributed by atoms with Crippen LogP contribution in [0.25, 0.3) is 0 Å². The zero-order valence-corrected chi connectivity index (χ0v) is 11.5. The van der Waals surface area contributed by atoms with Crippen LogP contribution in [0.3, 0.4) is 0 Å². The molecule has 1 saturated carbocycles. The number of rotatable bonds is 4. The monoisotopic (exact) mass is 250 g/mol. The molecule has 1 N–H and O–H groups in total. The molecule has 2 nitrogen and oxygen atoms in total. The fourth-order valence-electron chi connectivity index (χ4n) is 2.59. The van der Waals surface area contributed by atoms with Crippen LogP contribution in [0, 0.1) is 0 Å².